The number of carbonyl (C=O) groups is 3. The largest absolute Gasteiger partial charge is 0.450 e. The molecule has 136 valence electrons. The van der Waals surface area contributed by atoms with Gasteiger partial charge >= 0.3 is 6.09 Å². The third-order valence-corrected chi connectivity index (χ3v) is 3.95. The summed E-state index contributed by atoms with van der Waals surface area (Å²) < 4.78 is 4.96. The fraction of sp³-hybridized carbons (Fsp3) is 0.529. The Balaban J connectivity index is 1.65. The predicted octanol–water partition coefficient (Wildman–Crippen LogP) is 0.825. The minimum atomic E-state index is -0.321. The SMILES string of the molecule is CCOC(=O)N1CCC(NC(=O)CC(=O)NCc2ccncc2)CC1. The molecule has 0 spiro atoms. The van der Waals surface area contributed by atoms with E-state index < -0.39 is 0 Å². The molecule has 2 rings (SSSR count). The normalized spacial score (nSPS) is 14.7. The van der Waals surface area contributed by atoms with Gasteiger partial charge in [-0.05, 0) is 37.5 Å². The van der Waals surface area contributed by atoms with E-state index in [1.807, 2.05) is 0 Å². The lowest BCUT2D eigenvalue weighted by Gasteiger charge is -2.31. The Hall–Kier alpha value is -2.64. The smallest absolute Gasteiger partial charge is 0.409 e. The Bertz CT molecular complexity index is 586. The van der Waals surface area contributed by atoms with Crippen LogP contribution in [0.2, 0.25) is 0 Å². The first-order chi connectivity index (χ1) is 12.1. The van der Waals surface area contributed by atoms with Crippen molar-refractivity contribution in [3.8, 4) is 0 Å². The van der Waals surface area contributed by atoms with E-state index in [9.17, 15) is 14.4 Å². The minimum absolute atomic E-state index is 0.0221. The van der Waals surface area contributed by atoms with Crippen LogP contribution in [0.5, 0.6) is 0 Å². The molecule has 0 saturated carbocycles. The summed E-state index contributed by atoms with van der Waals surface area (Å²) in [5.74, 6) is -0.625. The minimum Gasteiger partial charge on any atom is -0.450 e. The maximum absolute atomic E-state index is 12.0. The van der Waals surface area contributed by atoms with Crippen LogP contribution in [-0.2, 0) is 20.9 Å². The van der Waals surface area contributed by atoms with Gasteiger partial charge in [-0.3, -0.25) is 14.6 Å². The van der Waals surface area contributed by atoms with E-state index in [-0.39, 0.29) is 30.4 Å². The summed E-state index contributed by atoms with van der Waals surface area (Å²) in [5.41, 5.74) is 0.926. The third-order valence-electron chi connectivity index (χ3n) is 3.95. The zero-order valence-electron chi connectivity index (χ0n) is 14.4. The van der Waals surface area contributed by atoms with Crippen molar-refractivity contribution < 1.29 is 19.1 Å². The van der Waals surface area contributed by atoms with Gasteiger partial charge in [0.05, 0.1) is 6.61 Å². The number of hydrogen-bond donors (Lipinski definition) is 2. The van der Waals surface area contributed by atoms with E-state index >= 15 is 0 Å². The molecule has 3 amide bonds. The molecular weight excluding hydrogens is 324 g/mol. The second kappa shape index (κ2) is 9.61. The molecule has 0 bridgehead atoms. The molecule has 25 heavy (non-hydrogen) atoms. The van der Waals surface area contributed by atoms with E-state index in [4.69, 9.17) is 4.74 Å². The topological polar surface area (TPSA) is 101 Å². The Morgan fingerprint density at radius 2 is 1.88 bits per heavy atom. The highest BCUT2D eigenvalue weighted by atomic mass is 16.6. The first kappa shape index (κ1) is 18.7. The molecule has 0 unspecified atom stereocenters. The van der Waals surface area contributed by atoms with Gasteiger partial charge in [0.2, 0.25) is 11.8 Å². The Morgan fingerprint density at radius 1 is 1.20 bits per heavy atom. The van der Waals surface area contributed by atoms with Crippen LogP contribution in [0, 0.1) is 0 Å². The molecular formula is C17H24N4O4. The monoisotopic (exact) mass is 348 g/mol. The molecule has 8 nitrogen and oxygen atoms in total. The van der Waals surface area contributed by atoms with E-state index in [2.05, 4.69) is 15.6 Å². The summed E-state index contributed by atoms with van der Waals surface area (Å²) in [4.78, 5) is 40.9. The summed E-state index contributed by atoms with van der Waals surface area (Å²) in [7, 11) is 0. The van der Waals surface area contributed by atoms with Gasteiger partial charge in [0, 0.05) is 38.1 Å². The van der Waals surface area contributed by atoms with Crippen LogP contribution in [-0.4, -0.2) is 53.5 Å². The zero-order valence-corrected chi connectivity index (χ0v) is 14.4. The lowest BCUT2D eigenvalue weighted by Crippen LogP contribution is -2.47. The number of aromatic nitrogens is 1. The predicted molar refractivity (Wildman–Crippen MR) is 90.5 cm³/mol. The molecule has 1 aromatic heterocycles. The van der Waals surface area contributed by atoms with E-state index in [1.54, 1.807) is 36.4 Å². The van der Waals surface area contributed by atoms with Crippen molar-refractivity contribution in [3.63, 3.8) is 0 Å². The molecule has 0 atom stereocenters. The molecule has 2 heterocycles. The maximum Gasteiger partial charge on any atom is 0.409 e. The quantitative estimate of drug-likeness (QED) is 0.742. The second-order valence-electron chi connectivity index (χ2n) is 5.84. The lowest BCUT2D eigenvalue weighted by molar-refractivity contribution is -0.129. The number of likely N-dealkylation sites (tertiary alicyclic amines) is 1. The summed E-state index contributed by atoms with van der Waals surface area (Å²) in [6.07, 6.45) is 4.09. The third kappa shape index (κ3) is 6.40. The van der Waals surface area contributed by atoms with Crippen LogP contribution in [0.25, 0.3) is 0 Å². The summed E-state index contributed by atoms with van der Waals surface area (Å²) in [5, 5.41) is 5.56. The van der Waals surface area contributed by atoms with Gasteiger partial charge in [-0.1, -0.05) is 0 Å². The van der Waals surface area contributed by atoms with Gasteiger partial charge in [0.1, 0.15) is 6.42 Å². The Labute approximate surface area is 146 Å². The highest BCUT2D eigenvalue weighted by molar-refractivity contribution is 5.96. The zero-order chi connectivity index (χ0) is 18.1. The Kier molecular flexibility index (Phi) is 7.18. The number of ether oxygens (including phenoxy) is 1. The molecule has 1 aromatic rings. The fourth-order valence-electron chi connectivity index (χ4n) is 2.61. The molecule has 0 aromatic carbocycles. The number of piperidine rings is 1. The molecule has 1 saturated heterocycles. The first-order valence-corrected chi connectivity index (χ1v) is 8.45. The number of carbonyl (C=O) groups excluding carboxylic acids is 3. The van der Waals surface area contributed by atoms with Gasteiger partial charge in [-0.15, -0.1) is 0 Å². The van der Waals surface area contributed by atoms with E-state index in [0.717, 1.165) is 5.56 Å². The van der Waals surface area contributed by atoms with Crippen LogP contribution in [0.3, 0.4) is 0 Å². The highest BCUT2D eigenvalue weighted by Gasteiger charge is 2.24. The van der Waals surface area contributed by atoms with Crippen molar-refractivity contribution in [1.29, 1.82) is 0 Å². The van der Waals surface area contributed by atoms with Crippen LogP contribution in [0.1, 0.15) is 31.7 Å². The number of rotatable bonds is 6. The van der Waals surface area contributed by atoms with Gasteiger partial charge in [0.15, 0.2) is 0 Å². The van der Waals surface area contributed by atoms with Gasteiger partial charge < -0.3 is 20.3 Å². The molecule has 8 heteroatoms. The van der Waals surface area contributed by atoms with Crippen molar-refractivity contribution >= 4 is 17.9 Å². The molecule has 0 aliphatic carbocycles. The lowest BCUT2D eigenvalue weighted by atomic mass is 10.1. The van der Waals surface area contributed by atoms with E-state index in [0.29, 0.717) is 39.1 Å². The summed E-state index contributed by atoms with van der Waals surface area (Å²) in [6, 6.07) is 3.58. The number of hydrogen-bond acceptors (Lipinski definition) is 5. The van der Waals surface area contributed by atoms with Crippen molar-refractivity contribution in [3.05, 3.63) is 30.1 Å². The van der Waals surface area contributed by atoms with Gasteiger partial charge in [-0.25, -0.2) is 4.79 Å². The van der Waals surface area contributed by atoms with Crippen LogP contribution in [0.4, 0.5) is 4.79 Å². The molecule has 1 aliphatic rings. The number of pyridine rings is 1. The highest BCUT2D eigenvalue weighted by Crippen LogP contribution is 2.11. The van der Waals surface area contributed by atoms with Gasteiger partial charge in [0.25, 0.3) is 0 Å². The van der Waals surface area contributed by atoms with Crippen molar-refractivity contribution in [1.82, 2.24) is 20.5 Å². The molecule has 2 N–H and O–H groups in total. The van der Waals surface area contributed by atoms with Gasteiger partial charge in [-0.2, -0.15) is 0 Å². The Morgan fingerprint density at radius 3 is 2.52 bits per heavy atom. The standard InChI is InChI=1S/C17H24N4O4/c1-2-25-17(24)21-9-5-14(6-10-21)20-16(23)11-15(22)19-12-13-3-7-18-8-4-13/h3-4,7-8,14H,2,5-6,9-12H2,1H3,(H,19,22)(H,20,23). The summed E-state index contributed by atoms with van der Waals surface area (Å²) >= 11 is 0. The molecule has 1 aliphatic heterocycles. The average Bonchev–Trinajstić information content (AvgIpc) is 2.61. The van der Waals surface area contributed by atoms with E-state index in [1.165, 1.54) is 0 Å². The van der Waals surface area contributed by atoms with Crippen LogP contribution >= 0.6 is 0 Å². The van der Waals surface area contributed by atoms with Crippen molar-refractivity contribution in [2.45, 2.75) is 38.8 Å². The van der Waals surface area contributed by atoms with Crippen molar-refractivity contribution in [2.75, 3.05) is 19.7 Å². The second-order valence-corrected chi connectivity index (χ2v) is 5.84. The van der Waals surface area contributed by atoms with Crippen LogP contribution < -0.4 is 10.6 Å². The van der Waals surface area contributed by atoms with Crippen LogP contribution in [0.15, 0.2) is 24.5 Å². The van der Waals surface area contributed by atoms with Crippen molar-refractivity contribution in [2.24, 2.45) is 0 Å². The number of nitrogens with one attached hydrogen (secondary N) is 2. The fourth-order valence-corrected chi connectivity index (χ4v) is 2.61. The molecule has 0 radical (unpaired) electrons. The number of nitrogens with zero attached hydrogens (tertiary/aromatic N) is 2. The first-order valence-electron chi connectivity index (χ1n) is 8.45. The number of amides is 3. The summed E-state index contributed by atoms with van der Waals surface area (Å²) in [6.45, 7) is 3.57. The maximum atomic E-state index is 12.0. The molecule has 1 fully saturated rings. The average molecular weight is 348 g/mol.